The summed E-state index contributed by atoms with van der Waals surface area (Å²) in [5, 5.41) is 14.9. The standard InChI is InChI=1S/C26H27F3N4OS/c27-26(28,29)18-7-2-1-5-16(18)6-3-8-19(17-11-13-30-14-12-17)31-25(34)23-15-21-24-20(32-33-21)9-4-10-22(24)35-23/h1-2,4-5,7,9-10,15,17,19,30H,3,6,8,11-14H2,(H,31,34)(H,32,33). The highest BCUT2D eigenvalue weighted by Gasteiger charge is 2.33. The number of amides is 1. The smallest absolute Gasteiger partial charge is 0.349 e. The number of aryl methyl sites for hydroxylation is 1. The van der Waals surface area contributed by atoms with Gasteiger partial charge in [0.1, 0.15) is 0 Å². The molecule has 0 aliphatic carbocycles. The van der Waals surface area contributed by atoms with Crippen LogP contribution in [0.2, 0.25) is 0 Å². The van der Waals surface area contributed by atoms with Crippen molar-refractivity contribution in [2.75, 3.05) is 13.1 Å². The Hall–Kier alpha value is -2.78. The van der Waals surface area contributed by atoms with Crippen molar-refractivity contribution in [2.24, 2.45) is 5.92 Å². The summed E-state index contributed by atoms with van der Waals surface area (Å²) in [5.74, 6) is 0.143. The summed E-state index contributed by atoms with van der Waals surface area (Å²) in [6.07, 6.45) is 0.855. The average Bonchev–Trinajstić information content (AvgIpc) is 3.28. The molecule has 5 rings (SSSR count). The number of H-pyrrole nitrogens is 1. The molecule has 2 aliphatic rings. The van der Waals surface area contributed by atoms with Gasteiger partial charge in [0.25, 0.3) is 5.91 Å². The molecule has 0 saturated carbocycles. The number of carbonyl (C=O) groups is 1. The second kappa shape index (κ2) is 10.1. The van der Waals surface area contributed by atoms with Crippen LogP contribution in [0.25, 0.3) is 17.0 Å². The summed E-state index contributed by atoms with van der Waals surface area (Å²) in [6.45, 7) is 1.76. The molecule has 2 aliphatic heterocycles. The van der Waals surface area contributed by atoms with E-state index in [1.54, 1.807) is 12.1 Å². The molecule has 184 valence electrons. The van der Waals surface area contributed by atoms with Crippen LogP contribution in [0.1, 0.15) is 42.5 Å². The summed E-state index contributed by atoms with van der Waals surface area (Å²) in [6, 6.07) is 11.5. The van der Waals surface area contributed by atoms with Gasteiger partial charge in [0.15, 0.2) is 0 Å². The van der Waals surface area contributed by atoms with Gasteiger partial charge in [-0.25, -0.2) is 0 Å². The lowest BCUT2D eigenvalue weighted by atomic mass is 9.86. The minimum absolute atomic E-state index is 0.0943. The minimum atomic E-state index is -4.36. The highest BCUT2D eigenvalue weighted by atomic mass is 32.2. The van der Waals surface area contributed by atoms with Crippen LogP contribution in [0.3, 0.4) is 0 Å². The first-order chi connectivity index (χ1) is 16.9. The molecular weight excluding hydrogens is 473 g/mol. The summed E-state index contributed by atoms with van der Waals surface area (Å²) in [5.41, 5.74) is 1.42. The number of halogens is 3. The number of nitrogens with one attached hydrogen (secondary N) is 3. The second-order valence-corrected chi connectivity index (χ2v) is 10.2. The topological polar surface area (TPSA) is 69.8 Å². The molecule has 3 heterocycles. The van der Waals surface area contributed by atoms with E-state index in [0.29, 0.717) is 35.6 Å². The van der Waals surface area contributed by atoms with Crippen molar-refractivity contribution in [3.63, 3.8) is 0 Å². The zero-order chi connectivity index (χ0) is 24.4. The Morgan fingerprint density at radius 3 is 2.74 bits per heavy atom. The number of thioether (sulfide) groups is 1. The molecule has 1 amide bonds. The van der Waals surface area contributed by atoms with Crippen LogP contribution < -0.4 is 10.6 Å². The maximum atomic E-state index is 13.4. The number of hydrogen-bond acceptors (Lipinski definition) is 4. The molecule has 0 bridgehead atoms. The van der Waals surface area contributed by atoms with Crippen molar-refractivity contribution < 1.29 is 18.0 Å². The third-order valence-electron chi connectivity index (χ3n) is 6.84. The Balaban J connectivity index is 1.29. The van der Waals surface area contributed by atoms with Crippen molar-refractivity contribution in [1.29, 1.82) is 0 Å². The van der Waals surface area contributed by atoms with Crippen molar-refractivity contribution in [1.82, 2.24) is 20.8 Å². The van der Waals surface area contributed by atoms with Gasteiger partial charge in [0.2, 0.25) is 0 Å². The SMILES string of the molecule is O=C(NC(CCCc1ccccc1C(F)(F)F)C1CCNCC1)C1=Cc2[nH]nc3cccc(c23)S1. The number of carbonyl (C=O) groups excluding carboxylic acids is 1. The van der Waals surface area contributed by atoms with E-state index in [-0.39, 0.29) is 11.9 Å². The van der Waals surface area contributed by atoms with E-state index in [4.69, 9.17) is 0 Å². The van der Waals surface area contributed by atoms with Crippen molar-refractivity contribution in [3.8, 4) is 0 Å². The molecule has 1 atom stereocenters. The van der Waals surface area contributed by atoms with Gasteiger partial charge in [-0.15, -0.1) is 0 Å². The molecular formula is C26H27F3N4OS. The van der Waals surface area contributed by atoms with Crippen molar-refractivity contribution >= 4 is 34.6 Å². The third kappa shape index (κ3) is 5.26. The van der Waals surface area contributed by atoms with E-state index in [1.807, 2.05) is 24.3 Å². The van der Waals surface area contributed by atoms with Crippen LogP contribution in [0.15, 0.2) is 52.3 Å². The van der Waals surface area contributed by atoms with Gasteiger partial charge in [0, 0.05) is 16.3 Å². The molecule has 0 radical (unpaired) electrons. The number of rotatable bonds is 7. The minimum Gasteiger partial charge on any atom is -0.349 e. The van der Waals surface area contributed by atoms with E-state index in [0.717, 1.165) is 53.5 Å². The fraction of sp³-hybridized carbons (Fsp3) is 0.385. The van der Waals surface area contributed by atoms with Gasteiger partial charge < -0.3 is 10.6 Å². The summed E-state index contributed by atoms with van der Waals surface area (Å²) < 4.78 is 40.2. The van der Waals surface area contributed by atoms with E-state index >= 15 is 0 Å². The first-order valence-electron chi connectivity index (χ1n) is 11.9. The van der Waals surface area contributed by atoms with Crippen LogP contribution in [0.5, 0.6) is 0 Å². The molecule has 5 nitrogen and oxygen atoms in total. The molecule has 1 unspecified atom stereocenters. The zero-order valence-corrected chi connectivity index (χ0v) is 19.9. The van der Waals surface area contributed by atoms with Crippen LogP contribution in [-0.4, -0.2) is 35.2 Å². The van der Waals surface area contributed by atoms with Crippen molar-refractivity contribution in [2.45, 2.75) is 49.2 Å². The van der Waals surface area contributed by atoms with Crippen LogP contribution in [0, 0.1) is 5.92 Å². The maximum absolute atomic E-state index is 13.4. The molecule has 3 aromatic rings. The number of piperidine rings is 1. The Kier molecular flexibility index (Phi) is 6.88. The van der Waals surface area contributed by atoms with Gasteiger partial charge >= 0.3 is 6.18 Å². The lowest BCUT2D eigenvalue weighted by Crippen LogP contribution is -2.44. The number of nitrogens with zero attached hydrogens (tertiary/aromatic N) is 1. The van der Waals surface area contributed by atoms with Crippen LogP contribution >= 0.6 is 11.8 Å². The monoisotopic (exact) mass is 500 g/mol. The Bertz CT molecular complexity index is 1250. The predicted octanol–water partition coefficient (Wildman–Crippen LogP) is 5.54. The lowest BCUT2D eigenvalue weighted by Gasteiger charge is -2.32. The number of alkyl halides is 3. The van der Waals surface area contributed by atoms with Crippen LogP contribution in [-0.2, 0) is 17.4 Å². The highest BCUT2D eigenvalue weighted by Crippen LogP contribution is 2.40. The quantitative estimate of drug-likeness (QED) is 0.399. The van der Waals surface area contributed by atoms with Gasteiger partial charge in [0.05, 0.1) is 21.7 Å². The second-order valence-electron chi connectivity index (χ2n) is 9.11. The summed E-state index contributed by atoms with van der Waals surface area (Å²) in [4.78, 5) is 14.9. The average molecular weight is 501 g/mol. The third-order valence-corrected chi connectivity index (χ3v) is 7.93. The highest BCUT2D eigenvalue weighted by molar-refractivity contribution is 8.04. The molecule has 35 heavy (non-hydrogen) atoms. The Morgan fingerprint density at radius 2 is 1.94 bits per heavy atom. The number of benzene rings is 2. The molecule has 2 aromatic carbocycles. The van der Waals surface area contributed by atoms with E-state index in [9.17, 15) is 18.0 Å². The maximum Gasteiger partial charge on any atom is 0.416 e. The van der Waals surface area contributed by atoms with Gasteiger partial charge in [-0.05, 0) is 81.0 Å². The predicted molar refractivity (Wildman–Crippen MR) is 132 cm³/mol. The molecule has 1 saturated heterocycles. The van der Waals surface area contributed by atoms with E-state index in [2.05, 4.69) is 20.8 Å². The first-order valence-corrected chi connectivity index (χ1v) is 12.7. The first kappa shape index (κ1) is 23.9. The van der Waals surface area contributed by atoms with E-state index in [1.165, 1.54) is 17.8 Å². The molecule has 3 N–H and O–H groups in total. The number of aromatic amines is 1. The molecule has 1 fully saturated rings. The number of hydrogen-bond donors (Lipinski definition) is 3. The molecule has 1 aromatic heterocycles. The largest absolute Gasteiger partial charge is 0.416 e. The van der Waals surface area contributed by atoms with Gasteiger partial charge in [-0.3, -0.25) is 9.89 Å². The Morgan fingerprint density at radius 1 is 1.14 bits per heavy atom. The van der Waals surface area contributed by atoms with Gasteiger partial charge in [-0.2, -0.15) is 18.3 Å². The lowest BCUT2D eigenvalue weighted by molar-refractivity contribution is -0.138. The zero-order valence-electron chi connectivity index (χ0n) is 19.1. The summed E-state index contributed by atoms with van der Waals surface area (Å²) in [7, 11) is 0. The fourth-order valence-corrected chi connectivity index (χ4v) is 6.11. The van der Waals surface area contributed by atoms with Crippen molar-refractivity contribution in [3.05, 3.63) is 64.2 Å². The fourth-order valence-electron chi connectivity index (χ4n) is 5.08. The van der Waals surface area contributed by atoms with E-state index < -0.39 is 11.7 Å². The normalized spacial score (nSPS) is 17.3. The molecule has 9 heteroatoms. The van der Waals surface area contributed by atoms with Gasteiger partial charge in [-0.1, -0.05) is 36.0 Å². The molecule has 0 spiro atoms. The summed E-state index contributed by atoms with van der Waals surface area (Å²) >= 11 is 1.43. The van der Waals surface area contributed by atoms with Crippen LogP contribution in [0.4, 0.5) is 13.2 Å². The Labute approximate surface area is 205 Å². The number of aromatic nitrogens is 2.